The van der Waals surface area contributed by atoms with E-state index in [0.29, 0.717) is 37.4 Å². The molecule has 2 aromatic carbocycles. The van der Waals surface area contributed by atoms with Gasteiger partial charge in [-0.1, -0.05) is 18.2 Å². The van der Waals surface area contributed by atoms with Gasteiger partial charge in [0.25, 0.3) is 5.91 Å². The molecule has 1 aliphatic carbocycles. The molecule has 0 atom stereocenters. The molecule has 1 fully saturated rings. The Kier molecular flexibility index (Phi) is 10.6. The molecule has 2 heterocycles. The first kappa shape index (κ1) is 30.8. The molecule has 1 saturated heterocycles. The maximum atomic E-state index is 13.0. The number of nitrogen functional groups attached to an aromatic ring is 1. The number of hydrogen-bond acceptors (Lipinski definition) is 7. The summed E-state index contributed by atoms with van der Waals surface area (Å²) in [4.78, 5) is 32.6. The number of anilines is 1. The van der Waals surface area contributed by atoms with Crippen molar-refractivity contribution in [1.29, 1.82) is 10.8 Å². The van der Waals surface area contributed by atoms with E-state index >= 15 is 0 Å². The lowest BCUT2D eigenvalue weighted by molar-refractivity contribution is 0.0669. The highest BCUT2D eigenvalue weighted by atomic mass is 16.2. The number of nitrogens with one attached hydrogen (secondary N) is 2. The summed E-state index contributed by atoms with van der Waals surface area (Å²) < 4.78 is 0. The van der Waals surface area contributed by atoms with Gasteiger partial charge in [0, 0.05) is 65.9 Å². The normalized spacial score (nSPS) is 14.6. The molecular weight excluding hydrogens is 516 g/mol. The fourth-order valence-corrected chi connectivity index (χ4v) is 5.14. The van der Waals surface area contributed by atoms with E-state index in [0.717, 1.165) is 59.1 Å². The van der Waals surface area contributed by atoms with E-state index in [1.807, 2.05) is 56.3 Å². The standard InChI is InChI=1S/C26H28N6O2.C4H9N.CH3N/c27-15-20-21(28)9-10-22-23(20)18-3-1-2-4-19(18)24(30-22)16-5-7-17(8-6-16)25(33)31-11-13-32(14-12-31)26(29)34;1-3-4(2)5;1-2/h5-10,15,27H,1-4,11-14,28H2,(H2,29,34);3H,5H2,1-2H3;2H,1H2/b;4-3+;. The number of benzene rings is 2. The van der Waals surface area contributed by atoms with E-state index in [1.165, 1.54) is 17.3 Å². The monoisotopic (exact) mass is 556 g/mol. The third-order valence-corrected chi connectivity index (χ3v) is 7.43. The summed E-state index contributed by atoms with van der Waals surface area (Å²) in [5, 5.41) is 14.4. The fourth-order valence-electron chi connectivity index (χ4n) is 5.14. The Morgan fingerprint density at radius 3 is 2.02 bits per heavy atom. The van der Waals surface area contributed by atoms with Crippen molar-refractivity contribution in [2.24, 2.45) is 11.5 Å². The van der Waals surface area contributed by atoms with Crippen LogP contribution in [0.3, 0.4) is 0 Å². The summed E-state index contributed by atoms with van der Waals surface area (Å²) in [6.07, 6.45) is 7.28. The number of carbonyl (C=O) groups is 2. The van der Waals surface area contributed by atoms with Gasteiger partial charge in [-0.2, -0.15) is 0 Å². The zero-order valence-corrected chi connectivity index (χ0v) is 23.9. The SMILES string of the molecule is C/C=C(\C)N.C=N.N=Cc1c(N)ccc2nc(-c3ccc(C(=O)N4CCN(C(N)=O)CC4)cc3)c3c(c12)CCCC3. The Hall–Kier alpha value is -4.73. The molecule has 2 aliphatic rings. The predicted octanol–water partition coefficient (Wildman–Crippen LogP) is 4.33. The van der Waals surface area contributed by atoms with E-state index < -0.39 is 6.03 Å². The second kappa shape index (κ2) is 14.1. The molecule has 0 radical (unpaired) electrons. The minimum Gasteiger partial charge on any atom is -0.403 e. The summed E-state index contributed by atoms with van der Waals surface area (Å²) in [7, 11) is 0. The zero-order chi connectivity index (χ0) is 30.1. The Labute approximate surface area is 241 Å². The van der Waals surface area contributed by atoms with Gasteiger partial charge in [0.15, 0.2) is 0 Å². The Morgan fingerprint density at radius 1 is 0.927 bits per heavy atom. The molecule has 0 spiro atoms. The van der Waals surface area contributed by atoms with Gasteiger partial charge < -0.3 is 37.8 Å². The first-order valence-electron chi connectivity index (χ1n) is 13.7. The number of pyridine rings is 1. The quantitative estimate of drug-likeness (QED) is 0.237. The average Bonchev–Trinajstić information content (AvgIpc) is 3.01. The predicted molar refractivity (Wildman–Crippen MR) is 167 cm³/mol. The van der Waals surface area contributed by atoms with Crippen molar-refractivity contribution >= 4 is 41.5 Å². The number of nitrogens with two attached hydrogens (primary N) is 3. The Balaban J connectivity index is 0.000000598. The highest BCUT2D eigenvalue weighted by Gasteiger charge is 2.25. The number of nitrogens with zero attached hydrogens (tertiary/aromatic N) is 3. The molecule has 0 bridgehead atoms. The third kappa shape index (κ3) is 6.89. The van der Waals surface area contributed by atoms with Gasteiger partial charge in [-0.15, -0.1) is 0 Å². The number of piperazine rings is 1. The molecule has 1 aliphatic heterocycles. The average molecular weight is 557 g/mol. The van der Waals surface area contributed by atoms with Gasteiger partial charge in [0.1, 0.15) is 0 Å². The summed E-state index contributed by atoms with van der Waals surface area (Å²) in [5.74, 6) is -0.0460. The van der Waals surface area contributed by atoms with Crippen LogP contribution in [-0.2, 0) is 12.8 Å². The number of rotatable bonds is 3. The Bertz CT molecular complexity index is 1440. The number of aryl methyl sites for hydroxylation is 1. The minimum atomic E-state index is -0.446. The van der Waals surface area contributed by atoms with Crippen LogP contribution in [0.1, 0.15) is 53.7 Å². The molecule has 10 heteroatoms. The van der Waals surface area contributed by atoms with Crippen molar-refractivity contribution < 1.29 is 9.59 Å². The molecule has 216 valence electrons. The highest BCUT2D eigenvalue weighted by Crippen LogP contribution is 2.37. The second-order valence-electron chi connectivity index (χ2n) is 9.96. The van der Waals surface area contributed by atoms with Gasteiger partial charge in [0.05, 0.1) is 11.2 Å². The van der Waals surface area contributed by atoms with Crippen molar-refractivity contribution in [3.8, 4) is 11.3 Å². The van der Waals surface area contributed by atoms with E-state index in [4.69, 9.17) is 33.0 Å². The molecule has 0 unspecified atom stereocenters. The lowest BCUT2D eigenvalue weighted by Crippen LogP contribution is -2.52. The van der Waals surface area contributed by atoms with E-state index in [9.17, 15) is 9.59 Å². The molecule has 3 aromatic rings. The summed E-state index contributed by atoms with van der Waals surface area (Å²) in [5.41, 5.74) is 24.7. The number of hydrogen-bond donors (Lipinski definition) is 5. The molecule has 8 N–H and O–H groups in total. The van der Waals surface area contributed by atoms with Crippen LogP contribution in [0, 0.1) is 10.8 Å². The highest BCUT2D eigenvalue weighted by molar-refractivity contribution is 6.05. The van der Waals surface area contributed by atoms with E-state index in [2.05, 4.69) is 6.72 Å². The van der Waals surface area contributed by atoms with Gasteiger partial charge in [0.2, 0.25) is 0 Å². The van der Waals surface area contributed by atoms with Crippen molar-refractivity contribution in [1.82, 2.24) is 14.8 Å². The van der Waals surface area contributed by atoms with Crippen molar-refractivity contribution in [3.63, 3.8) is 0 Å². The number of amides is 3. The van der Waals surface area contributed by atoms with Crippen molar-refractivity contribution in [3.05, 3.63) is 70.4 Å². The van der Waals surface area contributed by atoms with Gasteiger partial charge in [-0.3, -0.25) is 4.79 Å². The maximum absolute atomic E-state index is 13.0. The van der Waals surface area contributed by atoms with Gasteiger partial charge >= 0.3 is 6.03 Å². The molecule has 3 amide bonds. The van der Waals surface area contributed by atoms with Crippen molar-refractivity contribution in [2.45, 2.75) is 39.5 Å². The first-order valence-corrected chi connectivity index (χ1v) is 13.7. The lowest BCUT2D eigenvalue weighted by Gasteiger charge is -2.33. The van der Waals surface area contributed by atoms with Crippen LogP contribution >= 0.6 is 0 Å². The van der Waals surface area contributed by atoms with Crippen LogP contribution in [0.5, 0.6) is 0 Å². The van der Waals surface area contributed by atoms with Crippen LogP contribution in [0.25, 0.3) is 22.2 Å². The second-order valence-corrected chi connectivity index (χ2v) is 9.96. The summed E-state index contributed by atoms with van der Waals surface area (Å²) >= 11 is 0. The molecule has 41 heavy (non-hydrogen) atoms. The number of fused-ring (bicyclic) bond motifs is 3. The lowest BCUT2D eigenvalue weighted by atomic mass is 9.85. The van der Waals surface area contributed by atoms with E-state index in [1.54, 1.807) is 9.80 Å². The topological polar surface area (TPSA) is 179 Å². The zero-order valence-electron chi connectivity index (χ0n) is 23.9. The van der Waals surface area contributed by atoms with Crippen LogP contribution < -0.4 is 17.2 Å². The van der Waals surface area contributed by atoms with Gasteiger partial charge in [-0.05, 0) is 81.6 Å². The molecule has 1 aromatic heterocycles. The van der Waals surface area contributed by atoms with E-state index in [-0.39, 0.29) is 5.91 Å². The molecule has 5 rings (SSSR count). The van der Waals surface area contributed by atoms with Crippen LogP contribution in [0.15, 0.2) is 48.2 Å². The minimum absolute atomic E-state index is 0.0460. The number of primary amides is 1. The number of aromatic nitrogens is 1. The Morgan fingerprint density at radius 2 is 1.49 bits per heavy atom. The number of allylic oxidation sites excluding steroid dienone is 2. The van der Waals surface area contributed by atoms with Crippen LogP contribution in [-0.4, -0.2) is 65.8 Å². The third-order valence-electron chi connectivity index (χ3n) is 7.43. The molecule has 10 nitrogen and oxygen atoms in total. The number of carbonyl (C=O) groups excluding carboxylic acids is 2. The maximum Gasteiger partial charge on any atom is 0.314 e. The van der Waals surface area contributed by atoms with Crippen molar-refractivity contribution in [2.75, 3.05) is 31.9 Å². The number of urea groups is 1. The molecule has 0 saturated carbocycles. The summed E-state index contributed by atoms with van der Waals surface area (Å²) in [6, 6.07) is 10.9. The summed E-state index contributed by atoms with van der Waals surface area (Å²) in [6.45, 7) is 8.13. The van der Waals surface area contributed by atoms with Crippen LogP contribution in [0.4, 0.5) is 10.5 Å². The van der Waals surface area contributed by atoms with Crippen LogP contribution in [0.2, 0.25) is 0 Å². The van der Waals surface area contributed by atoms with Gasteiger partial charge in [-0.25, -0.2) is 9.78 Å². The largest absolute Gasteiger partial charge is 0.403 e. The first-order chi connectivity index (χ1) is 19.7. The smallest absolute Gasteiger partial charge is 0.314 e. The molecular formula is C31H40N8O2. The fraction of sp³-hybridized carbons (Fsp3) is 0.323.